The van der Waals surface area contributed by atoms with Crippen molar-refractivity contribution in [2.75, 3.05) is 6.54 Å². The van der Waals surface area contributed by atoms with E-state index >= 15 is 0 Å². The number of carbonyl (C=O) groups is 1. The zero-order valence-corrected chi connectivity index (χ0v) is 10.4. The first-order valence-electron chi connectivity index (χ1n) is 5.28. The van der Waals surface area contributed by atoms with Gasteiger partial charge in [0, 0.05) is 23.6 Å². The topological polar surface area (TPSA) is 42.0 Å². The molecule has 3 nitrogen and oxygen atoms in total. The third-order valence-electron chi connectivity index (χ3n) is 2.64. The Morgan fingerprint density at radius 1 is 1.29 bits per heavy atom. The van der Waals surface area contributed by atoms with Gasteiger partial charge in [-0.3, -0.25) is 4.79 Å². The molecular weight excluding hydrogens is 256 g/mol. The standard InChI is InChI=1S/C12H9ClN2OS/c13-8-3-1-7(2-4-8)12-15-9-5-6-14-11(16)10(9)17-12/h1-4H,5-6H2,(H,14,16). The van der Waals surface area contributed by atoms with Gasteiger partial charge in [0.2, 0.25) is 0 Å². The van der Waals surface area contributed by atoms with E-state index in [1.807, 2.05) is 24.3 Å². The number of hydrogen-bond donors (Lipinski definition) is 1. The molecule has 0 spiro atoms. The van der Waals surface area contributed by atoms with Gasteiger partial charge in [-0.05, 0) is 12.1 Å². The van der Waals surface area contributed by atoms with Gasteiger partial charge in [0.05, 0.1) is 5.69 Å². The van der Waals surface area contributed by atoms with Gasteiger partial charge in [0.1, 0.15) is 9.88 Å². The predicted octanol–water partition coefficient (Wildman–Crippen LogP) is 2.75. The fourth-order valence-electron chi connectivity index (χ4n) is 1.79. The molecule has 0 unspecified atom stereocenters. The number of benzene rings is 1. The number of aromatic nitrogens is 1. The van der Waals surface area contributed by atoms with Crippen LogP contribution in [0.3, 0.4) is 0 Å². The Kier molecular flexibility index (Phi) is 2.61. The first-order chi connectivity index (χ1) is 8.24. The Bertz CT molecular complexity index is 577. The van der Waals surface area contributed by atoms with Crippen molar-refractivity contribution in [1.82, 2.24) is 10.3 Å². The molecule has 0 aliphatic carbocycles. The molecule has 0 radical (unpaired) electrons. The first kappa shape index (κ1) is 10.7. The molecule has 2 heterocycles. The number of fused-ring (bicyclic) bond motifs is 1. The number of nitrogens with zero attached hydrogens (tertiary/aromatic N) is 1. The number of rotatable bonds is 1. The van der Waals surface area contributed by atoms with Crippen LogP contribution in [0.2, 0.25) is 5.02 Å². The summed E-state index contributed by atoms with van der Waals surface area (Å²) < 4.78 is 0. The molecule has 0 saturated carbocycles. The van der Waals surface area contributed by atoms with E-state index in [9.17, 15) is 4.79 Å². The SMILES string of the molecule is O=C1NCCc2nc(-c3ccc(Cl)cc3)sc21. The quantitative estimate of drug-likeness (QED) is 0.861. The lowest BCUT2D eigenvalue weighted by atomic mass is 10.2. The lowest BCUT2D eigenvalue weighted by Crippen LogP contribution is -2.30. The van der Waals surface area contributed by atoms with Crippen molar-refractivity contribution in [2.24, 2.45) is 0 Å². The average molecular weight is 265 g/mol. The fraction of sp³-hybridized carbons (Fsp3) is 0.167. The fourth-order valence-corrected chi connectivity index (χ4v) is 2.95. The van der Waals surface area contributed by atoms with Crippen LogP contribution >= 0.6 is 22.9 Å². The number of hydrogen-bond acceptors (Lipinski definition) is 3. The highest BCUT2D eigenvalue weighted by molar-refractivity contribution is 7.17. The Labute approximate surface area is 107 Å². The van der Waals surface area contributed by atoms with Crippen molar-refractivity contribution in [1.29, 1.82) is 0 Å². The highest BCUT2D eigenvalue weighted by Crippen LogP contribution is 2.30. The molecule has 0 bridgehead atoms. The van der Waals surface area contributed by atoms with Gasteiger partial charge in [-0.1, -0.05) is 23.7 Å². The summed E-state index contributed by atoms with van der Waals surface area (Å²) in [5.41, 5.74) is 1.91. The van der Waals surface area contributed by atoms with Crippen LogP contribution in [-0.4, -0.2) is 17.4 Å². The zero-order chi connectivity index (χ0) is 11.8. The highest BCUT2D eigenvalue weighted by Gasteiger charge is 2.22. The van der Waals surface area contributed by atoms with Crippen LogP contribution in [0.5, 0.6) is 0 Å². The Morgan fingerprint density at radius 3 is 2.76 bits per heavy atom. The van der Waals surface area contributed by atoms with Crippen molar-refractivity contribution in [3.05, 3.63) is 39.9 Å². The molecule has 1 amide bonds. The maximum absolute atomic E-state index is 11.6. The molecule has 0 fully saturated rings. The largest absolute Gasteiger partial charge is 0.351 e. The van der Waals surface area contributed by atoms with Gasteiger partial charge < -0.3 is 5.32 Å². The van der Waals surface area contributed by atoms with E-state index in [4.69, 9.17) is 11.6 Å². The minimum Gasteiger partial charge on any atom is -0.351 e. The van der Waals surface area contributed by atoms with E-state index in [1.54, 1.807) is 0 Å². The second-order valence-corrected chi connectivity index (χ2v) is 5.24. The summed E-state index contributed by atoms with van der Waals surface area (Å²) in [5, 5.41) is 4.40. The van der Waals surface area contributed by atoms with Gasteiger partial charge in [0.15, 0.2) is 0 Å². The molecule has 1 aliphatic rings. The minimum absolute atomic E-state index is 0.0102. The number of nitrogens with one attached hydrogen (secondary N) is 1. The average Bonchev–Trinajstić information content (AvgIpc) is 2.75. The van der Waals surface area contributed by atoms with E-state index in [0.29, 0.717) is 11.6 Å². The number of carbonyl (C=O) groups excluding carboxylic acids is 1. The summed E-state index contributed by atoms with van der Waals surface area (Å²) in [6, 6.07) is 7.50. The molecule has 3 rings (SSSR count). The molecular formula is C12H9ClN2OS. The van der Waals surface area contributed by atoms with E-state index < -0.39 is 0 Å². The van der Waals surface area contributed by atoms with Crippen molar-refractivity contribution >= 4 is 28.8 Å². The second-order valence-electron chi connectivity index (χ2n) is 3.81. The van der Waals surface area contributed by atoms with Crippen molar-refractivity contribution in [2.45, 2.75) is 6.42 Å². The van der Waals surface area contributed by atoms with Crippen LogP contribution in [0.1, 0.15) is 15.4 Å². The Morgan fingerprint density at radius 2 is 2.06 bits per heavy atom. The normalized spacial score (nSPS) is 14.3. The number of amides is 1. The molecule has 0 saturated heterocycles. The molecule has 1 aromatic carbocycles. The van der Waals surface area contributed by atoms with Gasteiger partial charge >= 0.3 is 0 Å². The summed E-state index contributed by atoms with van der Waals surface area (Å²) >= 11 is 7.28. The van der Waals surface area contributed by atoms with Crippen LogP contribution in [0, 0.1) is 0 Å². The molecule has 1 aromatic heterocycles. The van der Waals surface area contributed by atoms with Gasteiger partial charge in [0.25, 0.3) is 5.91 Å². The van der Waals surface area contributed by atoms with Crippen LogP contribution < -0.4 is 5.32 Å². The lowest BCUT2D eigenvalue weighted by Gasteiger charge is -2.09. The van der Waals surface area contributed by atoms with Crippen LogP contribution in [0.15, 0.2) is 24.3 Å². The van der Waals surface area contributed by atoms with Crippen LogP contribution in [0.4, 0.5) is 0 Å². The van der Waals surface area contributed by atoms with Crippen LogP contribution in [0.25, 0.3) is 10.6 Å². The maximum Gasteiger partial charge on any atom is 0.263 e. The third kappa shape index (κ3) is 1.94. The smallest absolute Gasteiger partial charge is 0.263 e. The van der Waals surface area contributed by atoms with Crippen molar-refractivity contribution in [3.63, 3.8) is 0 Å². The zero-order valence-electron chi connectivity index (χ0n) is 8.87. The summed E-state index contributed by atoms with van der Waals surface area (Å²) in [7, 11) is 0. The summed E-state index contributed by atoms with van der Waals surface area (Å²) in [4.78, 5) is 16.9. The van der Waals surface area contributed by atoms with Crippen molar-refractivity contribution < 1.29 is 4.79 Å². The van der Waals surface area contributed by atoms with Gasteiger partial charge in [-0.2, -0.15) is 0 Å². The summed E-state index contributed by atoms with van der Waals surface area (Å²) in [5.74, 6) is -0.0102. The third-order valence-corrected chi connectivity index (χ3v) is 4.04. The lowest BCUT2D eigenvalue weighted by molar-refractivity contribution is 0.0950. The molecule has 1 N–H and O–H groups in total. The minimum atomic E-state index is -0.0102. The molecule has 86 valence electrons. The first-order valence-corrected chi connectivity index (χ1v) is 6.47. The Balaban J connectivity index is 2.05. The number of thiazole rings is 1. The molecule has 1 aliphatic heterocycles. The predicted molar refractivity (Wildman–Crippen MR) is 68.6 cm³/mol. The molecule has 5 heteroatoms. The van der Waals surface area contributed by atoms with E-state index in [1.165, 1.54) is 11.3 Å². The van der Waals surface area contributed by atoms with E-state index in [2.05, 4.69) is 10.3 Å². The number of halogens is 1. The van der Waals surface area contributed by atoms with Gasteiger partial charge in [-0.25, -0.2) is 4.98 Å². The highest BCUT2D eigenvalue weighted by atomic mass is 35.5. The molecule has 0 atom stereocenters. The summed E-state index contributed by atoms with van der Waals surface area (Å²) in [6.07, 6.45) is 0.811. The monoisotopic (exact) mass is 264 g/mol. The van der Waals surface area contributed by atoms with Crippen molar-refractivity contribution in [3.8, 4) is 10.6 Å². The maximum atomic E-state index is 11.6. The van der Waals surface area contributed by atoms with E-state index in [-0.39, 0.29) is 5.91 Å². The second kappa shape index (κ2) is 4.13. The van der Waals surface area contributed by atoms with Crippen LogP contribution in [-0.2, 0) is 6.42 Å². The van der Waals surface area contributed by atoms with E-state index in [0.717, 1.165) is 27.6 Å². The van der Waals surface area contributed by atoms with Gasteiger partial charge in [-0.15, -0.1) is 11.3 Å². The molecule has 2 aromatic rings. The Hall–Kier alpha value is -1.39. The summed E-state index contributed by atoms with van der Waals surface area (Å²) in [6.45, 7) is 0.676. The molecule has 17 heavy (non-hydrogen) atoms.